The summed E-state index contributed by atoms with van der Waals surface area (Å²) in [6.45, 7) is 1.83. The van der Waals surface area contributed by atoms with Crippen LogP contribution in [0.25, 0.3) is 16.4 Å². The van der Waals surface area contributed by atoms with Crippen molar-refractivity contribution in [3.8, 4) is 33.6 Å². The maximum atomic E-state index is 12.6. The van der Waals surface area contributed by atoms with Gasteiger partial charge in [0.2, 0.25) is 10.9 Å². The van der Waals surface area contributed by atoms with E-state index in [-0.39, 0.29) is 5.91 Å². The topological polar surface area (TPSA) is 93.3 Å². The van der Waals surface area contributed by atoms with Crippen molar-refractivity contribution < 1.29 is 19.0 Å². The fourth-order valence-corrected chi connectivity index (χ4v) is 3.89. The molecule has 0 spiro atoms. The predicted molar refractivity (Wildman–Crippen MR) is 111 cm³/mol. The molecule has 0 aliphatic rings. The van der Waals surface area contributed by atoms with E-state index in [1.54, 1.807) is 38.4 Å². The summed E-state index contributed by atoms with van der Waals surface area (Å²) in [4.78, 5) is 21.2. The van der Waals surface area contributed by atoms with Gasteiger partial charge in [-0.15, -0.1) is 11.3 Å². The number of imidazole rings is 1. The fraction of sp³-hybridized carbons (Fsp3) is 0.200. The van der Waals surface area contributed by atoms with Crippen molar-refractivity contribution in [2.75, 3.05) is 21.3 Å². The maximum Gasteiger partial charge on any atom is 0.266 e. The highest BCUT2D eigenvalue weighted by molar-refractivity contribution is 7.12. The Morgan fingerprint density at radius 2 is 1.83 bits per heavy atom. The van der Waals surface area contributed by atoms with Crippen LogP contribution in [0.2, 0.25) is 0 Å². The summed E-state index contributed by atoms with van der Waals surface area (Å²) in [5.74, 6) is 1.41. The Balaban J connectivity index is 1.70. The molecule has 0 aliphatic heterocycles. The van der Waals surface area contributed by atoms with Gasteiger partial charge in [0, 0.05) is 23.3 Å². The van der Waals surface area contributed by atoms with Crippen molar-refractivity contribution in [3.63, 3.8) is 0 Å². The Bertz CT molecular complexity index is 1170. The van der Waals surface area contributed by atoms with Gasteiger partial charge >= 0.3 is 0 Å². The Morgan fingerprint density at radius 3 is 2.43 bits per heavy atom. The van der Waals surface area contributed by atoms with E-state index in [1.165, 1.54) is 28.4 Å². The third kappa shape index (κ3) is 3.30. The number of carbonyl (C=O) groups is 1. The Morgan fingerprint density at radius 1 is 1.10 bits per heavy atom. The zero-order valence-electron chi connectivity index (χ0n) is 16.8. The molecule has 0 fully saturated rings. The van der Waals surface area contributed by atoms with Crippen LogP contribution in [-0.2, 0) is 0 Å². The SMILES string of the molecule is COc1cc(-c2csc(-n3ncc(C(=O)n4ccnc4)c3C)n2)cc(OC)c1OC. The summed E-state index contributed by atoms with van der Waals surface area (Å²) in [6.07, 6.45) is 6.16. The van der Waals surface area contributed by atoms with Crippen LogP contribution in [0.4, 0.5) is 0 Å². The molecule has 154 valence electrons. The minimum absolute atomic E-state index is 0.197. The molecule has 0 bridgehead atoms. The molecule has 30 heavy (non-hydrogen) atoms. The van der Waals surface area contributed by atoms with Crippen molar-refractivity contribution in [2.24, 2.45) is 0 Å². The molecule has 9 nitrogen and oxygen atoms in total. The lowest BCUT2D eigenvalue weighted by atomic mass is 10.1. The lowest BCUT2D eigenvalue weighted by molar-refractivity contribution is 0.0959. The number of carbonyl (C=O) groups excluding carboxylic acids is 1. The van der Waals surface area contributed by atoms with Crippen molar-refractivity contribution in [1.29, 1.82) is 0 Å². The van der Waals surface area contributed by atoms with Crippen LogP contribution < -0.4 is 14.2 Å². The number of thiazole rings is 1. The van der Waals surface area contributed by atoms with Crippen LogP contribution in [0.1, 0.15) is 16.1 Å². The van der Waals surface area contributed by atoms with Gasteiger partial charge in [-0.05, 0) is 19.1 Å². The van der Waals surface area contributed by atoms with Gasteiger partial charge in [0.25, 0.3) is 5.91 Å². The fourth-order valence-electron chi connectivity index (χ4n) is 3.05. The Labute approximate surface area is 176 Å². The summed E-state index contributed by atoms with van der Waals surface area (Å²) in [5.41, 5.74) is 2.72. The van der Waals surface area contributed by atoms with Crippen molar-refractivity contribution in [2.45, 2.75) is 6.92 Å². The van der Waals surface area contributed by atoms with E-state index in [0.29, 0.717) is 33.6 Å². The highest BCUT2D eigenvalue weighted by atomic mass is 32.1. The minimum Gasteiger partial charge on any atom is -0.493 e. The molecule has 0 aliphatic carbocycles. The number of hydrogen-bond donors (Lipinski definition) is 0. The Kier molecular flexibility index (Phi) is 5.23. The van der Waals surface area contributed by atoms with Gasteiger partial charge in [-0.2, -0.15) is 5.10 Å². The molecule has 1 aromatic carbocycles. The van der Waals surface area contributed by atoms with Crippen LogP contribution in [0, 0.1) is 6.92 Å². The summed E-state index contributed by atoms with van der Waals surface area (Å²) >= 11 is 1.42. The van der Waals surface area contributed by atoms with Gasteiger partial charge in [0.1, 0.15) is 6.33 Å². The van der Waals surface area contributed by atoms with Gasteiger partial charge in [0.15, 0.2) is 11.5 Å². The zero-order valence-corrected chi connectivity index (χ0v) is 17.6. The molecule has 0 saturated heterocycles. The van der Waals surface area contributed by atoms with Gasteiger partial charge in [-0.1, -0.05) is 0 Å². The summed E-state index contributed by atoms with van der Waals surface area (Å²) in [6, 6.07) is 3.67. The lowest BCUT2D eigenvalue weighted by Gasteiger charge is -2.13. The van der Waals surface area contributed by atoms with Gasteiger partial charge in [-0.3, -0.25) is 9.36 Å². The molecular weight excluding hydrogens is 406 g/mol. The summed E-state index contributed by atoms with van der Waals surface area (Å²) < 4.78 is 19.3. The van der Waals surface area contributed by atoms with Crippen LogP contribution in [0.3, 0.4) is 0 Å². The standard InChI is InChI=1S/C20H19N5O4S/c1-12-14(19(26)24-6-5-21-11-24)9-22-25(12)20-23-15(10-30-20)13-7-16(27-2)18(29-4)17(8-13)28-3/h5-11H,1-4H3. The van der Waals surface area contributed by atoms with Gasteiger partial charge in [-0.25, -0.2) is 14.6 Å². The van der Waals surface area contributed by atoms with Crippen LogP contribution >= 0.6 is 11.3 Å². The van der Waals surface area contributed by atoms with E-state index in [0.717, 1.165) is 11.3 Å². The molecule has 0 N–H and O–H groups in total. The highest BCUT2D eigenvalue weighted by Crippen LogP contribution is 2.41. The number of ether oxygens (including phenoxy) is 3. The van der Waals surface area contributed by atoms with E-state index < -0.39 is 0 Å². The highest BCUT2D eigenvalue weighted by Gasteiger charge is 2.20. The van der Waals surface area contributed by atoms with E-state index in [2.05, 4.69) is 15.1 Å². The van der Waals surface area contributed by atoms with Crippen LogP contribution in [-0.4, -0.2) is 51.6 Å². The molecule has 3 aromatic heterocycles. The van der Waals surface area contributed by atoms with Crippen LogP contribution in [0.15, 0.2) is 42.4 Å². The lowest BCUT2D eigenvalue weighted by Crippen LogP contribution is -2.11. The molecular formula is C20H19N5O4S. The third-order valence-corrected chi connectivity index (χ3v) is 5.43. The first-order valence-electron chi connectivity index (χ1n) is 8.91. The van der Waals surface area contributed by atoms with E-state index in [9.17, 15) is 4.79 Å². The third-order valence-electron chi connectivity index (χ3n) is 4.61. The number of aromatic nitrogens is 5. The summed E-state index contributed by atoms with van der Waals surface area (Å²) in [5, 5.41) is 6.91. The minimum atomic E-state index is -0.197. The molecule has 0 radical (unpaired) electrons. The second-order valence-corrected chi connectivity index (χ2v) is 7.10. The number of methoxy groups -OCH3 is 3. The average Bonchev–Trinajstić information content (AvgIpc) is 3.52. The molecule has 4 aromatic rings. The molecule has 0 saturated carbocycles. The normalized spacial score (nSPS) is 10.8. The molecule has 10 heteroatoms. The van der Waals surface area contributed by atoms with Crippen molar-refractivity contribution in [3.05, 3.63) is 53.7 Å². The smallest absolute Gasteiger partial charge is 0.266 e. The maximum absolute atomic E-state index is 12.6. The van der Waals surface area contributed by atoms with Crippen molar-refractivity contribution in [1.82, 2.24) is 24.3 Å². The van der Waals surface area contributed by atoms with Crippen molar-refractivity contribution >= 4 is 17.2 Å². The van der Waals surface area contributed by atoms with Gasteiger partial charge in [0.05, 0.1) is 44.5 Å². The number of nitrogens with zero attached hydrogens (tertiary/aromatic N) is 5. The predicted octanol–water partition coefficient (Wildman–Crippen LogP) is 3.22. The largest absolute Gasteiger partial charge is 0.493 e. The van der Waals surface area contributed by atoms with E-state index in [4.69, 9.17) is 14.2 Å². The monoisotopic (exact) mass is 425 g/mol. The second kappa shape index (κ2) is 7.99. The number of benzene rings is 1. The van der Waals surface area contributed by atoms with E-state index in [1.807, 2.05) is 24.4 Å². The van der Waals surface area contributed by atoms with Crippen LogP contribution in [0.5, 0.6) is 17.2 Å². The summed E-state index contributed by atoms with van der Waals surface area (Å²) in [7, 11) is 4.70. The molecule has 4 rings (SSSR count). The number of hydrogen-bond acceptors (Lipinski definition) is 8. The molecule has 0 amide bonds. The zero-order chi connectivity index (χ0) is 21.3. The molecule has 0 unspecified atom stereocenters. The first-order chi connectivity index (χ1) is 14.6. The van der Waals surface area contributed by atoms with Gasteiger partial charge < -0.3 is 14.2 Å². The quantitative estimate of drug-likeness (QED) is 0.468. The second-order valence-electron chi connectivity index (χ2n) is 6.26. The first-order valence-corrected chi connectivity index (χ1v) is 9.79. The Hall–Kier alpha value is -3.66. The molecule has 3 heterocycles. The molecule has 0 atom stereocenters. The average molecular weight is 425 g/mol. The number of rotatable bonds is 6. The van der Waals surface area contributed by atoms with E-state index >= 15 is 0 Å². The first kappa shape index (κ1) is 19.6.